The molecule has 0 bridgehead atoms. The number of nitrogens with zero attached hydrogens (tertiary/aromatic N) is 1. The molecule has 1 aliphatic heterocycles. The summed E-state index contributed by atoms with van der Waals surface area (Å²) in [6, 6.07) is 7.85. The van der Waals surface area contributed by atoms with E-state index >= 15 is 0 Å². The van der Waals surface area contributed by atoms with Gasteiger partial charge in [0.1, 0.15) is 5.58 Å². The molecule has 2 amide bonds. The number of amides is 2. The van der Waals surface area contributed by atoms with Crippen LogP contribution in [0.2, 0.25) is 0 Å². The van der Waals surface area contributed by atoms with Gasteiger partial charge in [-0.05, 0) is 6.07 Å². The predicted molar refractivity (Wildman–Crippen MR) is 60.1 cm³/mol. The molecule has 3 rings (SSSR count). The summed E-state index contributed by atoms with van der Waals surface area (Å²) in [5, 5.41) is 4.00. The van der Waals surface area contributed by atoms with Crippen molar-refractivity contribution in [2.24, 2.45) is 0 Å². The second-order valence-corrected chi connectivity index (χ2v) is 4.07. The normalized spacial score (nSPS) is 20.4. The van der Waals surface area contributed by atoms with Gasteiger partial charge in [0.25, 0.3) is 0 Å². The first-order chi connectivity index (χ1) is 7.75. The van der Waals surface area contributed by atoms with Crippen LogP contribution in [0.1, 0.15) is 11.6 Å². The molecule has 4 nitrogen and oxygen atoms in total. The monoisotopic (exact) mass is 216 g/mol. The van der Waals surface area contributed by atoms with Crippen molar-refractivity contribution in [2.45, 2.75) is 6.04 Å². The fourth-order valence-electron chi connectivity index (χ4n) is 2.11. The lowest BCUT2D eigenvalue weighted by Gasteiger charge is -2.06. The lowest BCUT2D eigenvalue weighted by Crippen LogP contribution is -2.23. The van der Waals surface area contributed by atoms with Crippen molar-refractivity contribution in [3.8, 4) is 0 Å². The Morgan fingerprint density at radius 3 is 3.00 bits per heavy atom. The summed E-state index contributed by atoms with van der Waals surface area (Å²) in [6.45, 7) is 0.683. The Morgan fingerprint density at radius 2 is 2.25 bits per heavy atom. The average molecular weight is 216 g/mol. The van der Waals surface area contributed by atoms with Gasteiger partial charge in [0.05, 0.1) is 12.3 Å². The summed E-state index contributed by atoms with van der Waals surface area (Å²) in [7, 11) is 1.79. The van der Waals surface area contributed by atoms with E-state index < -0.39 is 0 Å². The van der Waals surface area contributed by atoms with Gasteiger partial charge < -0.3 is 14.6 Å². The molecule has 0 aliphatic carbocycles. The zero-order chi connectivity index (χ0) is 11.1. The van der Waals surface area contributed by atoms with Gasteiger partial charge in [-0.15, -0.1) is 0 Å². The van der Waals surface area contributed by atoms with Crippen LogP contribution in [-0.4, -0.2) is 24.5 Å². The van der Waals surface area contributed by atoms with Crippen molar-refractivity contribution in [1.82, 2.24) is 10.2 Å². The Hall–Kier alpha value is -1.97. The molecule has 1 aliphatic rings. The van der Waals surface area contributed by atoms with Crippen LogP contribution in [-0.2, 0) is 0 Å². The molecule has 2 heterocycles. The molecule has 82 valence electrons. The van der Waals surface area contributed by atoms with E-state index in [9.17, 15) is 4.79 Å². The minimum Gasteiger partial charge on any atom is -0.464 e. The molecule has 1 N–H and O–H groups in total. The zero-order valence-corrected chi connectivity index (χ0v) is 8.93. The number of hydrogen-bond acceptors (Lipinski definition) is 2. The molecule has 16 heavy (non-hydrogen) atoms. The number of benzene rings is 1. The maximum Gasteiger partial charge on any atom is 0.317 e. The Labute approximate surface area is 92.8 Å². The molecule has 2 aromatic rings. The van der Waals surface area contributed by atoms with Crippen LogP contribution in [0.15, 0.2) is 34.9 Å². The highest BCUT2D eigenvalue weighted by molar-refractivity contribution is 5.84. The summed E-state index contributed by atoms with van der Waals surface area (Å²) in [4.78, 5) is 13.1. The molecular formula is C12H12N2O2. The van der Waals surface area contributed by atoms with Crippen molar-refractivity contribution in [3.63, 3.8) is 0 Å². The quantitative estimate of drug-likeness (QED) is 0.793. The molecule has 0 saturated carbocycles. The highest BCUT2D eigenvalue weighted by atomic mass is 16.3. The molecule has 1 atom stereocenters. The minimum absolute atomic E-state index is 0.0288. The van der Waals surface area contributed by atoms with Gasteiger partial charge in [0.2, 0.25) is 0 Å². The third-order valence-electron chi connectivity index (χ3n) is 2.99. The fourth-order valence-corrected chi connectivity index (χ4v) is 2.11. The second-order valence-electron chi connectivity index (χ2n) is 4.07. The van der Waals surface area contributed by atoms with E-state index in [1.54, 1.807) is 18.2 Å². The van der Waals surface area contributed by atoms with E-state index in [0.29, 0.717) is 6.54 Å². The molecule has 4 heteroatoms. The molecule has 1 aromatic carbocycles. The lowest BCUT2D eigenvalue weighted by atomic mass is 10.1. The van der Waals surface area contributed by atoms with Gasteiger partial charge in [-0.1, -0.05) is 18.2 Å². The van der Waals surface area contributed by atoms with E-state index in [0.717, 1.165) is 16.5 Å². The highest BCUT2D eigenvalue weighted by Crippen LogP contribution is 2.28. The maximum atomic E-state index is 11.4. The van der Waals surface area contributed by atoms with Crippen LogP contribution in [0.4, 0.5) is 4.79 Å². The van der Waals surface area contributed by atoms with E-state index in [4.69, 9.17) is 4.42 Å². The third-order valence-corrected chi connectivity index (χ3v) is 2.99. The summed E-state index contributed by atoms with van der Waals surface area (Å²) in [5.74, 6) is 0. The van der Waals surface area contributed by atoms with Gasteiger partial charge in [-0.25, -0.2) is 4.79 Å². The summed E-state index contributed by atoms with van der Waals surface area (Å²) < 4.78 is 5.46. The number of carbonyl (C=O) groups is 1. The van der Waals surface area contributed by atoms with Gasteiger partial charge in [0.15, 0.2) is 0 Å². The minimum atomic E-state index is -0.0321. The highest BCUT2D eigenvalue weighted by Gasteiger charge is 2.28. The van der Waals surface area contributed by atoms with Crippen LogP contribution < -0.4 is 5.32 Å². The number of fused-ring (bicyclic) bond motifs is 1. The van der Waals surface area contributed by atoms with Crippen molar-refractivity contribution < 1.29 is 9.21 Å². The van der Waals surface area contributed by atoms with E-state index in [2.05, 4.69) is 5.32 Å². The second kappa shape index (κ2) is 3.27. The zero-order valence-electron chi connectivity index (χ0n) is 8.93. The first kappa shape index (κ1) is 9.27. The van der Waals surface area contributed by atoms with Crippen LogP contribution in [0, 0.1) is 0 Å². The number of nitrogens with one attached hydrogen (secondary N) is 1. The number of hydrogen-bond donors (Lipinski definition) is 1. The standard InChI is InChI=1S/C12H12N2O2/c1-14-6-10(13-12(14)15)9-7-16-11-5-3-2-4-8(9)11/h2-5,7,10H,6H2,1H3,(H,13,15). The Balaban J connectivity index is 2.04. The largest absolute Gasteiger partial charge is 0.464 e. The van der Waals surface area contributed by atoms with Crippen molar-refractivity contribution in [3.05, 3.63) is 36.1 Å². The topological polar surface area (TPSA) is 45.5 Å². The Bertz CT molecular complexity index is 547. The van der Waals surface area contributed by atoms with Gasteiger partial charge in [-0.3, -0.25) is 0 Å². The van der Waals surface area contributed by atoms with Crippen LogP contribution in [0.5, 0.6) is 0 Å². The molecular weight excluding hydrogens is 204 g/mol. The number of urea groups is 1. The van der Waals surface area contributed by atoms with Crippen LogP contribution in [0.3, 0.4) is 0 Å². The Kier molecular flexibility index (Phi) is 1.89. The Morgan fingerprint density at radius 1 is 1.44 bits per heavy atom. The van der Waals surface area contributed by atoms with Crippen molar-refractivity contribution in [1.29, 1.82) is 0 Å². The van der Waals surface area contributed by atoms with Gasteiger partial charge >= 0.3 is 6.03 Å². The first-order valence-electron chi connectivity index (χ1n) is 5.23. The number of para-hydroxylation sites is 1. The summed E-state index contributed by atoms with van der Waals surface area (Å²) in [6.07, 6.45) is 1.73. The van der Waals surface area contributed by atoms with Gasteiger partial charge in [0, 0.05) is 24.5 Å². The van der Waals surface area contributed by atoms with E-state index in [1.807, 2.05) is 24.3 Å². The molecule has 1 saturated heterocycles. The average Bonchev–Trinajstić information content (AvgIpc) is 2.83. The van der Waals surface area contributed by atoms with Crippen LogP contribution >= 0.6 is 0 Å². The van der Waals surface area contributed by atoms with Crippen LogP contribution in [0.25, 0.3) is 11.0 Å². The van der Waals surface area contributed by atoms with Crippen molar-refractivity contribution in [2.75, 3.05) is 13.6 Å². The fraction of sp³-hybridized carbons (Fsp3) is 0.250. The molecule has 1 aromatic heterocycles. The number of likely N-dealkylation sites (N-methyl/N-ethyl adjacent to an activating group) is 1. The van der Waals surface area contributed by atoms with E-state index in [1.165, 1.54) is 0 Å². The predicted octanol–water partition coefficient (Wildman–Crippen LogP) is 2.13. The molecule has 0 radical (unpaired) electrons. The molecule has 1 unspecified atom stereocenters. The van der Waals surface area contributed by atoms with Gasteiger partial charge in [-0.2, -0.15) is 0 Å². The first-order valence-corrected chi connectivity index (χ1v) is 5.23. The third kappa shape index (κ3) is 1.26. The lowest BCUT2D eigenvalue weighted by molar-refractivity contribution is 0.226. The smallest absolute Gasteiger partial charge is 0.317 e. The number of rotatable bonds is 1. The number of carbonyl (C=O) groups excluding carboxylic acids is 1. The van der Waals surface area contributed by atoms with E-state index in [-0.39, 0.29) is 12.1 Å². The summed E-state index contributed by atoms with van der Waals surface area (Å²) in [5.41, 5.74) is 1.91. The molecule has 1 fully saturated rings. The number of furan rings is 1. The SMILES string of the molecule is CN1CC(c2coc3ccccc23)NC1=O. The summed E-state index contributed by atoms with van der Waals surface area (Å²) >= 11 is 0. The maximum absolute atomic E-state index is 11.4. The van der Waals surface area contributed by atoms with Crippen molar-refractivity contribution >= 4 is 17.0 Å². The molecule has 0 spiro atoms.